The molecular formula is C28H27F3N2O5. The maximum Gasteiger partial charge on any atom is 0.416 e. The molecule has 2 aromatic carbocycles. The van der Waals surface area contributed by atoms with Crippen molar-refractivity contribution in [2.24, 2.45) is 13.0 Å². The van der Waals surface area contributed by atoms with E-state index in [1.54, 1.807) is 13.8 Å². The Morgan fingerprint density at radius 3 is 2.45 bits per heavy atom. The van der Waals surface area contributed by atoms with Crippen LogP contribution in [0.15, 0.2) is 48.2 Å². The number of para-hydroxylation sites is 1. The SMILES string of the molecule is CCOC(=O)/C(=C1\C(=O)Nc2cc(C(F)(F)F)ccc21)C(Cc1cn(C)c2c(C)cccc12)C(=O)OCC. The second kappa shape index (κ2) is 10.4. The molecule has 0 fully saturated rings. The van der Waals surface area contributed by atoms with E-state index in [0.717, 1.165) is 40.2 Å². The van der Waals surface area contributed by atoms with Crippen LogP contribution in [0, 0.1) is 12.8 Å². The van der Waals surface area contributed by atoms with Crippen LogP contribution in [0.2, 0.25) is 0 Å². The fraction of sp³-hybridized carbons (Fsp3) is 0.321. The van der Waals surface area contributed by atoms with Gasteiger partial charge in [-0.2, -0.15) is 13.2 Å². The number of hydrogen-bond acceptors (Lipinski definition) is 5. The monoisotopic (exact) mass is 528 g/mol. The Labute approximate surface area is 217 Å². The lowest BCUT2D eigenvalue weighted by molar-refractivity contribution is -0.150. The second-order valence-corrected chi connectivity index (χ2v) is 8.97. The van der Waals surface area contributed by atoms with E-state index < -0.39 is 35.5 Å². The van der Waals surface area contributed by atoms with Crippen LogP contribution in [-0.4, -0.2) is 35.6 Å². The highest BCUT2D eigenvalue weighted by Gasteiger charge is 2.40. The maximum absolute atomic E-state index is 13.3. The first-order valence-electron chi connectivity index (χ1n) is 12.1. The van der Waals surface area contributed by atoms with Crippen LogP contribution < -0.4 is 5.32 Å². The Hall–Kier alpha value is -4.08. The van der Waals surface area contributed by atoms with Crippen molar-refractivity contribution < 1.29 is 37.0 Å². The number of anilines is 1. The fourth-order valence-corrected chi connectivity index (χ4v) is 4.93. The number of amides is 1. The summed E-state index contributed by atoms with van der Waals surface area (Å²) < 4.78 is 52.4. The number of nitrogens with zero attached hydrogens (tertiary/aromatic N) is 1. The number of alkyl halides is 3. The summed E-state index contributed by atoms with van der Waals surface area (Å²) in [6, 6.07) is 8.48. The zero-order valence-corrected chi connectivity index (χ0v) is 21.4. The van der Waals surface area contributed by atoms with Gasteiger partial charge in [-0.05, 0) is 50.5 Å². The first kappa shape index (κ1) is 27.0. The van der Waals surface area contributed by atoms with Crippen LogP contribution in [0.3, 0.4) is 0 Å². The molecule has 1 aliphatic heterocycles. The van der Waals surface area contributed by atoms with Gasteiger partial charge < -0.3 is 19.4 Å². The molecule has 0 aliphatic carbocycles. The van der Waals surface area contributed by atoms with Gasteiger partial charge in [0.2, 0.25) is 0 Å². The second-order valence-electron chi connectivity index (χ2n) is 8.97. The van der Waals surface area contributed by atoms with Crippen LogP contribution >= 0.6 is 0 Å². The van der Waals surface area contributed by atoms with Crippen LogP contribution in [0.5, 0.6) is 0 Å². The van der Waals surface area contributed by atoms with Crippen molar-refractivity contribution in [1.29, 1.82) is 0 Å². The summed E-state index contributed by atoms with van der Waals surface area (Å²) in [5, 5.41) is 3.27. The largest absolute Gasteiger partial charge is 0.466 e. The number of aromatic nitrogens is 1. The van der Waals surface area contributed by atoms with Crippen LogP contribution in [0.1, 0.15) is 36.1 Å². The standard InChI is InChI=1S/C28H27F3N2O5/c1-5-37-26(35)20(12-16-14-33(4)24-15(3)8-7-9-18(16)24)23(27(36)38-6-2)22-19-11-10-17(28(29,30)31)13-21(19)32-25(22)34/h7-11,13-14,20H,5-6,12H2,1-4H3,(H,32,34)/b23-22-. The lowest BCUT2D eigenvalue weighted by atomic mass is 9.86. The van der Waals surface area contributed by atoms with Gasteiger partial charge in [0, 0.05) is 29.9 Å². The molecule has 3 aromatic rings. The summed E-state index contributed by atoms with van der Waals surface area (Å²) >= 11 is 0. The van der Waals surface area contributed by atoms with Crippen molar-refractivity contribution in [1.82, 2.24) is 4.57 Å². The zero-order valence-electron chi connectivity index (χ0n) is 21.4. The lowest BCUT2D eigenvalue weighted by Crippen LogP contribution is -2.29. The maximum atomic E-state index is 13.3. The number of ether oxygens (including phenoxy) is 2. The molecule has 1 aromatic heterocycles. The first-order chi connectivity index (χ1) is 18.0. The number of aryl methyl sites for hydroxylation is 2. The van der Waals surface area contributed by atoms with Crippen molar-refractivity contribution in [3.63, 3.8) is 0 Å². The lowest BCUT2D eigenvalue weighted by Gasteiger charge is -2.20. The predicted molar refractivity (Wildman–Crippen MR) is 135 cm³/mol. The van der Waals surface area contributed by atoms with E-state index in [1.807, 2.05) is 42.9 Å². The number of carbonyl (C=O) groups excluding carboxylic acids is 3. The van der Waals surface area contributed by atoms with Gasteiger partial charge in [-0.1, -0.05) is 24.3 Å². The number of carbonyl (C=O) groups is 3. The van der Waals surface area contributed by atoms with Gasteiger partial charge in [0.15, 0.2) is 0 Å². The molecule has 200 valence electrons. The number of halogens is 3. The normalized spacial score (nSPS) is 15.2. The van der Waals surface area contributed by atoms with Gasteiger partial charge >= 0.3 is 18.1 Å². The molecule has 1 aliphatic rings. The Morgan fingerprint density at radius 2 is 1.79 bits per heavy atom. The summed E-state index contributed by atoms with van der Waals surface area (Å²) in [6.07, 6.45) is -2.79. The zero-order chi connectivity index (χ0) is 27.8. The van der Waals surface area contributed by atoms with Gasteiger partial charge in [0.05, 0.1) is 41.4 Å². The van der Waals surface area contributed by atoms with Crippen LogP contribution in [-0.2, 0) is 43.5 Å². The molecule has 7 nitrogen and oxygen atoms in total. The minimum absolute atomic E-state index is 0.000518. The molecule has 1 unspecified atom stereocenters. The molecule has 0 radical (unpaired) electrons. The molecule has 38 heavy (non-hydrogen) atoms. The van der Waals surface area contributed by atoms with Crippen molar-refractivity contribution in [3.05, 3.63) is 70.4 Å². The Morgan fingerprint density at radius 1 is 1.08 bits per heavy atom. The minimum Gasteiger partial charge on any atom is -0.466 e. The average Bonchev–Trinajstić information content (AvgIpc) is 3.34. The number of rotatable bonds is 7. The van der Waals surface area contributed by atoms with Gasteiger partial charge in [-0.15, -0.1) is 0 Å². The summed E-state index contributed by atoms with van der Waals surface area (Å²) in [6.45, 7) is 5.12. The van der Waals surface area contributed by atoms with E-state index in [2.05, 4.69) is 5.32 Å². The third-order valence-electron chi connectivity index (χ3n) is 6.49. The number of nitrogens with one attached hydrogen (secondary N) is 1. The molecule has 0 spiro atoms. The molecule has 1 amide bonds. The van der Waals surface area contributed by atoms with E-state index in [-0.39, 0.29) is 42.0 Å². The van der Waals surface area contributed by atoms with Crippen LogP contribution in [0.25, 0.3) is 16.5 Å². The first-order valence-corrected chi connectivity index (χ1v) is 12.1. The Balaban J connectivity index is 1.93. The molecule has 0 saturated heterocycles. The number of fused-ring (bicyclic) bond motifs is 2. The van der Waals surface area contributed by atoms with Crippen molar-refractivity contribution in [2.75, 3.05) is 18.5 Å². The minimum atomic E-state index is -4.63. The van der Waals surface area contributed by atoms with Gasteiger partial charge in [-0.25, -0.2) is 4.79 Å². The van der Waals surface area contributed by atoms with Crippen molar-refractivity contribution in [2.45, 2.75) is 33.4 Å². The predicted octanol–water partition coefficient (Wildman–Crippen LogP) is 5.20. The van der Waals surface area contributed by atoms with E-state index in [0.29, 0.717) is 0 Å². The highest BCUT2D eigenvalue weighted by Crippen LogP contribution is 2.41. The Kier molecular flexibility index (Phi) is 7.35. The van der Waals surface area contributed by atoms with E-state index in [4.69, 9.17) is 9.47 Å². The molecule has 0 saturated carbocycles. The Bertz CT molecular complexity index is 1470. The fourth-order valence-electron chi connectivity index (χ4n) is 4.93. The van der Waals surface area contributed by atoms with Crippen molar-refractivity contribution >= 4 is 40.0 Å². The summed E-state index contributed by atoms with van der Waals surface area (Å²) in [5.41, 5.74) is 1.24. The van der Waals surface area contributed by atoms with Crippen molar-refractivity contribution in [3.8, 4) is 0 Å². The summed E-state index contributed by atoms with van der Waals surface area (Å²) in [4.78, 5) is 39.8. The third kappa shape index (κ3) is 4.90. The molecule has 10 heteroatoms. The highest BCUT2D eigenvalue weighted by atomic mass is 19.4. The summed E-state index contributed by atoms with van der Waals surface area (Å²) in [5.74, 6) is -3.72. The van der Waals surface area contributed by atoms with E-state index in [1.165, 1.54) is 0 Å². The van der Waals surface area contributed by atoms with E-state index >= 15 is 0 Å². The van der Waals surface area contributed by atoms with Gasteiger partial charge in [0.25, 0.3) is 5.91 Å². The quantitative estimate of drug-likeness (QED) is 0.337. The van der Waals surface area contributed by atoms with Crippen LogP contribution in [0.4, 0.5) is 18.9 Å². The average molecular weight is 529 g/mol. The molecule has 4 rings (SSSR count). The molecule has 0 bridgehead atoms. The highest BCUT2D eigenvalue weighted by molar-refractivity contribution is 6.35. The number of esters is 2. The summed E-state index contributed by atoms with van der Waals surface area (Å²) in [7, 11) is 1.86. The smallest absolute Gasteiger partial charge is 0.416 e. The molecule has 2 heterocycles. The number of hydrogen-bond donors (Lipinski definition) is 1. The molecular weight excluding hydrogens is 501 g/mol. The van der Waals surface area contributed by atoms with Gasteiger partial charge in [-0.3, -0.25) is 9.59 Å². The third-order valence-corrected chi connectivity index (χ3v) is 6.49. The topological polar surface area (TPSA) is 86.6 Å². The molecule has 1 atom stereocenters. The molecule has 1 N–H and O–H groups in total. The van der Waals surface area contributed by atoms with Gasteiger partial charge in [0.1, 0.15) is 0 Å². The number of benzene rings is 2. The van der Waals surface area contributed by atoms with E-state index in [9.17, 15) is 27.6 Å².